The van der Waals surface area contributed by atoms with Crippen LogP contribution in [-0.2, 0) is 6.18 Å². The largest absolute Gasteiger partial charge is 1.00 e. The predicted octanol–water partition coefficient (Wildman–Crippen LogP) is 5.93. The van der Waals surface area contributed by atoms with Gasteiger partial charge in [0.15, 0.2) is 0 Å². The summed E-state index contributed by atoms with van der Waals surface area (Å²) in [7, 11) is 14.0. The molecule has 0 heterocycles. The van der Waals surface area contributed by atoms with Gasteiger partial charge in [0, 0.05) is 6.07 Å². The van der Waals surface area contributed by atoms with E-state index in [0.29, 0.717) is 10.2 Å². The third kappa shape index (κ3) is 55.8. The number of hydrogen-bond acceptors (Lipinski definition) is 0. The number of hydrogen-bond donors (Lipinski definition) is 0. The van der Waals surface area contributed by atoms with Gasteiger partial charge in [-0.15, -0.1) is 0 Å². The van der Waals surface area contributed by atoms with Crippen molar-refractivity contribution in [1.29, 1.82) is 0 Å². The van der Waals surface area contributed by atoms with Crippen LogP contribution in [0, 0.1) is 0 Å². The average molecular weight is 1440 g/mol. The molecule has 0 aliphatic heterocycles. The lowest BCUT2D eigenvalue weighted by Crippen LogP contribution is -3.00. The average Bonchev–Trinajstić information content (AvgIpc) is 3.23. The zero-order valence-electron chi connectivity index (χ0n) is 48.7. The molecule has 0 aliphatic carbocycles. The number of halogens is 7. The smallest absolute Gasteiger partial charge is 0.416 e. The molecule has 0 N–H and O–H groups in total. The number of benzene rings is 1. The minimum atomic E-state index is -4.26. The van der Waals surface area contributed by atoms with Crippen molar-refractivity contribution in [2.24, 2.45) is 0 Å². The van der Waals surface area contributed by atoms with E-state index in [0.717, 1.165) is 10.5 Å². The molecule has 0 amide bonds. The molecule has 0 radical (unpaired) electrons. The maximum absolute atomic E-state index is 12.3. The SMILES string of the molecule is CCCCCCCC[N+](CCCCCCCC)(CCCCCCCC)CCCCCCCC.CCC[N+](CCC)(CCC)CCC.C[N+](C)(C)C.C[N+](C)(C)c1cccc(C(F)(F)F)c1.[I-].[I-].[I-].[I-]. The molecular formula is C58H121F3I4N4. The topological polar surface area (TPSA) is 0 Å². The third-order valence-corrected chi connectivity index (χ3v) is 12.7. The summed E-state index contributed by atoms with van der Waals surface area (Å²) in [6, 6.07) is 5.38. The first-order valence-corrected chi connectivity index (χ1v) is 28.2. The van der Waals surface area contributed by atoms with Crippen LogP contribution in [0.4, 0.5) is 18.9 Å². The number of rotatable bonds is 37. The molecule has 0 saturated heterocycles. The first-order valence-electron chi connectivity index (χ1n) is 28.2. The van der Waals surface area contributed by atoms with E-state index < -0.39 is 11.7 Å². The normalized spacial score (nSPS) is 11.5. The zero-order valence-corrected chi connectivity index (χ0v) is 57.3. The number of quaternary nitrogens is 4. The van der Waals surface area contributed by atoms with Gasteiger partial charge < -0.3 is 109 Å². The Kier molecular flexibility index (Phi) is 67.0. The van der Waals surface area contributed by atoms with E-state index in [2.05, 4.69) is 83.6 Å². The van der Waals surface area contributed by atoms with Gasteiger partial charge in [-0.2, -0.15) is 13.2 Å². The van der Waals surface area contributed by atoms with Crippen molar-refractivity contribution < 1.29 is 123 Å². The molecule has 0 saturated carbocycles. The highest BCUT2D eigenvalue weighted by molar-refractivity contribution is 5.44. The van der Waals surface area contributed by atoms with E-state index in [1.54, 1.807) is 6.07 Å². The summed E-state index contributed by atoms with van der Waals surface area (Å²) >= 11 is 0. The highest BCUT2D eigenvalue weighted by Gasteiger charge is 2.32. The lowest BCUT2D eigenvalue weighted by Gasteiger charge is -2.40. The zero-order chi connectivity index (χ0) is 49.9. The number of nitrogens with zero attached hydrogens (tertiary/aromatic N) is 4. The summed E-state index contributed by atoms with van der Waals surface area (Å²) in [6.45, 7) is 30.0. The molecule has 0 unspecified atom stereocenters. The molecule has 0 fully saturated rings. The van der Waals surface area contributed by atoms with Crippen molar-refractivity contribution in [2.45, 2.75) is 241 Å². The van der Waals surface area contributed by atoms with Crippen LogP contribution in [-0.4, -0.2) is 115 Å². The van der Waals surface area contributed by atoms with Crippen molar-refractivity contribution in [3.63, 3.8) is 0 Å². The van der Waals surface area contributed by atoms with Crippen LogP contribution in [0.15, 0.2) is 24.3 Å². The quantitative estimate of drug-likeness (QED) is 0.0441. The Labute approximate surface area is 500 Å². The molecule has 4 nitrogen and oxygen atoms in total. The molecule has 0 aromatic heterocycles. The molecule has 1 rings (SSSR count). The Morgan fingerprint density at radius 2 is 0.565 bits per heavy atom. The van der Waals surface area contributed by atoms with Crippen molar-refractivity contribution in [1.82, 2.24) is 4.48 Å². The summed E-state index contributed by atoms with van der Waals surface area (Å²) in [5, 5.41) is 0. The maximum Gasteiger partial charge on any atom is 0.416 e. The molecule has 0 spiro atoms. The molecule has 0 bridgehead atoms. The second kappa shape index (κ2) is 54.6. The fourth-order valence-corrected chi connectivity index (χ4v) is 9.25. The molecule has 1 aromatic rings. The minimum absolute atomic E-state index is 0. The minimum Gasteiger partial charge on any atom is -1.00 e. The van der Waals surface area contributed by atoms with Gasteiger partial charge in [-0.25, -0.2) is 0 Å². The summed E-state index contributed by atoms with van der Waals surface area (Å²) in [6.07, 6.45) is 35.8. The Morgan fingerprint density at radius 3 is 0.783 bits per heavy atom. The Balaban J connectivity index is -0.000000176. The van der Waals surface area contributed by atoms with Crippen molar-refractivity contribution in [3.05, 3.63) is 29.8 Å². The van der Waals surface area contributed by atoms with Gasteiger partial charge in [-0.1, -0.05) is 164 Å². The lowest BCUT2D eigenvalue weighted by molar-refractivity contribution is -0.929. The highest BCUT2D eigenvalue weighted by Crippen LogP contribution is 2.32. The number of unbranched alkanes of at least 4 members (excludes halogenated alkanes) is 20. The monoisotopic (exact) mass is 1440 g/mol. The van der Waals surface area contributed by atoms with Gasteiger partial charge in [-0.05, 0) is 89.2 Å². The number of alkyl halides is 3. The maximum atomic E-state index is 12.3. The third-order valence-electron chi connectivity index (χ3n) is 12.7. The van der Waals surface area contributed by atoms with Crippen LogP contribution in [0.2, 0.25) is 0 Å². The van der Waals surface area contributed by atoms with E-state index in [4.69, 9.17) is 0 Å². The van der Waals surface area contributed by atoms with E-state index in [1.165, 1.54) is 253 Å². The Morgan fingerprint density at radius 1 is 0.333 bits per heavy atom. The summed E-state index contributed by atoms with van der Waals surface area (Å²) in [5.74, 6) is 0. The van der Waals surface area contributed by atoms with Gasteiger partial charge in [0.2, 0.25) is 0 Å². The van der Waals surface area contributed by atoms with Crippen molar-refractivity contribution in [3.8, 4) is 0 Å². The summed E-state index contributed by atoms with van der Waals surface area (Å²) in [4.78, 5) is 0. The molecule has 1 aromatic carbocycles. The van der Waals surface area contributed by atoms with E-state index in [1.807, 2.05) is 21.1 Å². The van der Waals surface area contributed by atoms with Gasteiger partial charge >= 0.3 is 6.18 Å². The molecule has 0 aliphatic rings. The second-order valence-electron chi connectivity index (χ2n) is 22.3. The standard InChI is InChI=1S/C32H68N.C12H28N.C10H13F3N.C4H12N.4HI/c1-5-9-13-17-21-25-29-33(30-26-22-18-14-10-6-2,31-27-23-19-15-11-7-3)32-28-24-20-16-12-8-4;1-5-9-13(10-6-2,11-7-3)12-8-4;1-14(2,3)9-6-4-5-8(7-9)10(11,12)13;1-5(2,3)4;;;;/h5-32H2,1-4H3;5-12H2,1-4H3;4-7H,1-3H3;1-4H3;4*1H/q4*+1;;;;/p-4. The molecule has 11 heteroatoms. The van der Waals surface area contributed by atoms with Crippen LogP contribution in [0.5, 0.6) is 0 Å². The molecule has 69 heavy (non-hydrogen) atoms. The Hall–Kier alpha value is 1.77. The highest BCUT2D eigenvalue weighted by atomic mass is 127. The second-order valence-corrected chi connectivity index (χ2v) is 22.3. The van der Waals surface area contributed by atoms with Gasteiger partial charge in [0.1, 0.15) is 5.69 Å². The first-order chi connectivity index (χ1) is 30.7. The first kappa shape index (κ1) is 84.7. The van der Waals surface area contributed by atoms with Gasteiger partial charge in [0.25, 0.3) is 0 Å². The predicted molar refractivity (Wildman–Crippen MR) is 289 cm³/mol. The lowest BCUT2D eigenvalue weighted by atomic mass is 10.0. The summed E-state index contributed by atoms with van der Waals surface area (Å²) in [5.41, 5.74) is 0.0443. The van der Waals surface area contributed by atoms with Crippen LogP contribution in [0.25, 0.3) is 0 Å². The van der Waals surface area contributed by atoms with Crippen LogP contribution in [0.3, 0.4) is 0 Å². The fourth-order valence-electron chi connectivity index (χ4n) is 9.25. The Bertz CT molecular complexity index is 1010. The van der Waals surface area contributed by atoms with Gasteiger partial charge in [-0.3, -0.25) is 4.48 Å². The van der Waals surface area contributed by atoms with E-state index >= 15 is 0 Å². The van der Waals surface area contributed by atoms with Crippen LogP contribution >= 0.6 is 0 Å². The summed E-state index contributed by atoms with van der Waals surface area (Å²) < 4.78 is 41.3. The van der Waals surface area contributed by atoms with Crippen molar-refractivity contribution in [2.75, 3.05) is 102 Å². The molecular weight excluding hydrogens is 1320 g/mol. The van der Waals surface area contributed by atoms with Crippen LogP contribution in [0.1, 0.15) is 241 Å². The van der Waals surface area contributed by atoms with E-state index in [-0.39, 0.29) is 95.9 Å². The van der Waals surface area contributed by atoms with Crippen molar-refractivity contribution >= 4 is 5.69 Å². The molecule has 422 valence electrons. The van der Waals surface area contributed by atoms with E-state index in [9.17, 15) is 13.2 Å². The molecule has 0 atom stereocenters. The van der Waals surface area contributed by atoms with Crippen LogP contribution < -0.4 is 100 Å². The van der Waals surface area contributed by atoms with Gasteiger partial charge in [0.05, 0.1) is 107 Å². The fraction of sp³-hybridized carbons (Fsp3) is 0.897.